The molecule has 1 unspecified atom stereocenters. The van der Waals surface area contributed by atoms with Gasteiger partial charge in [0.2, 0.25) is 0 Å². The summed E-state index contributed by atoms with van der Waals surface area (Å²) in [6.45, 7) is 6.23. The second kappa shape index (κ2) is 59.8. The summed E-state index contributed by atoms with van der Waals surface area (Å²) in [5.41, 5.74) is 0. The van der Waals surface area contributed by atoms with Crippen molar-refractivity contribution in [3.63, 3.8) is 0 Å². The van der Waals surface area contributed by atoms with E-state index in [4.69, 9.17) is 14.2 Å². The van der Waals surface area contributed by atoms with Gasteiger partial charge in [0.1, 0.15) is 13.2 Å². The highest BCUT2D eigenvalue weighted by atomic mass is 16.6. The van der Waals surface area contributed by atoms with Crippen molar-refractivity contribution in [3.8, 4) is 0 Å². The molecule has 410 valence electrons. The molecule has 0 heterocycles. The SMILES string of the molecule is CC/C=C\C/C=C\C/C=C\C/C=C\C/C=C\C/C=C\CCCCCCCCCCCCC(=O)OCC(COC(=O)CCCCC/C=C\C/C=C\C/C=C\CC)OC(=O)CCCCC/C=C\C/C=C\C/C=C\CC. The summed E-state index contributed by atoms with van der Waals surface area (Å²) in [6, 6.07) is 0. The average Bonchev–Trinajstić information content (AvgIpc) is 3.39. The third-order valence-corrected chi connectivity index (χ3v) is 11.8. The molecule has 73 heavy (non-hydrogen) atoms. The molecule has 0 aliphatic heterocycles. The largest absolute Gasteiger partial charge is 0.462 e. The Morgan fingerprint density at radius 1 is 0.274 bits per heavy atom. The Bertz CT molecular complexity index is 1630. The van der Waals surface area contributed by atoms with Crippen LogP contribution in [0.15, 0.2) is 146 Å². The lowest BCUT2D eigenvalue weighted by Crippen LogP contribution is -2.30. The van der Waals surface area contributed by atoms with Crippen LogP contribution in [0.25, 0.3) is 0 Å². The molecule has 0 saturated carbocycles. The fourth-order valence-corrected chi connectivity index (χ4v) is 7.53. The number of unbranched alkanes of at least 4 members (excludes halogenated alkanes) is 16. The standard InChI is InChI=1S/C67H106O6/c1-4-7-10-13-16-19-22-25-26-27-28-29-30-31-32-33-34-35-36-37-38-39-40-43-45-48-51-54-57-60-66(69)72-63-64(73-67(70)61-58-55-52-49-46-42-24-21-18-15-12-9-6-3)62-71-65(68)59-56-53-50-47-44-41-23-20-17-14-11-8-5-2/h7-12,16-21,25-26,28-29,31-32,34-35,41-42,44,46,64H,4-6,13-15,22-24,27,30,33,36-40,43,45,47-63H2,1-3H3/b10-7-,11-8-,12-9-,19-16-,20-17-,21-18-,26-25-,29-28-,32-31-,35-34-,44-41-,46-42-. The quantitative estimate of drug-likeness (QED) is 0.0261. The van der Waals surface area contributed by atoms with Gasteiger partial charge in [-0.25, -0.2) is 0 Å². The van der Waals surface area contributed by atoms with Crippen LogP contribution >= 0.6 is 0 Å². The van der Waals surface area contributed by atoms with Crippen molar-refractivity contribution in [2.75, 3.05) is 13.2 Å². The first-order valence-electron chi connectivity index (χ1n) is 29.3. The number of hydrogen-bond acceptors (Lipinski definition) is 6. The van der Waals surface area contributed by atoms with Crippen molar-refractivity contribution in [2.24, 2.45) is 0 Å². The van der Waals surface area contributed by atoms with Gasteiger partial charge < -0.3 is 14.2 Å². The summed E-state index contributed by atoms with van der Waals surface area (Å²) in [6.07, 6.45) is 85.7. The molecule has 6 nitrogen and oxygen atoms in total. The highest BCUT2D eigenvalue weighted by Crippen LogP contribution is 2.14. The molecule has 0 N–H and O–H groups in total. The van der Waals surface area contributed by atoms with E-state index in [1.165, 1.54) is 44.9 Å². The van der Waals surface area contributed by atoms with E-state index in [-0.39, 0.29) is 37.5 Å². The van der Waals surface area contributed by atoms with Gasteiger partial charge in [0.05, 0.1) is 0 Å². The molecule has 0 aliphatic carbocycles. The molecule has 0 radical (unpaired) electrons. The van der Waals surface area contributed by atoms with Crippen molar-refractivity contribution in [1.29, 1.82) is 0 Å². The van der Waals surface area contributed by atoms with Gasteiger partial charge in [-0.1, -0.05) is 231 Å². The molecule has 6 heteroatoms. The third-order valence-electron chi connectivity index (χ3n) is 11.8. The van der Waals surface area contributed by atoms with Crippen LogP contribution in [0.2, 0.25) is 0 Å². The maximum Gasteiger partial charge on any atom is 0.306 e. The fourth-order valence-electron chi connectivity index (χ4n) is 7.53. The molecule has 0 fully saturated rings. The topological polar surface area (TPSA) is 78.9 Å². The van der Waals surface area contributed by atoms with E-state index < -0.39 is 6.10 Å². The maximum absolute atomic E-state index is 12.8. The molecule has 0 aliphatic rings. The number of esters is 3. The Morgan fingerprint density at radius 3 is 0.781 bits per heavy atom. The van der Waals surface area contributed by atoms with Crippen molar-refractivity contribution >= 4 is 17.9 Å². The van der Waals surface area contributed by atoms with Crippen LogP contribution in [-0.4, -0.2) is 37.2 Å². The van der Waals surface area contributed by atoms with Crippen LogP contribution in [0, 0.1) is 0 Å². The normalized spacial score (nSPS) is 13.2. The smallest absolute Gasteiger partial charge is 0.306 e. The second-order valence-corrected chi connectivity index (χ2v) is 18.8. The van der Waals surface area contributed by atoms with Gasteiger partial charge in [0, 0.05) is 19.3 Å². The average molecular weight is 1010 g/mol. The zero-order valence-electron chi connectivity index (χ0n) is 46.8. The molecule has 0 rings (SSSR count). The third kappa shape index (κ3) is 58.1. The first-order chi connectivity index (χ1) is 36.0. The lowest BCUT2D eigenvalue weighted by Gasteiger charge is -2.18. The maximum atomic E-state index is 12.8. The number of carbonyl (C=O) groups excluding carboxylic acids is 3. The van der Waals surface area contributed by atoms with E-state index in [0.29, 0.717) is 12.8 Å². The van der Waals surface area contributed by atoms with E-state index in [0.717, 1.165) is 154 Å². The summed E-state index contributed by atoms with van der Waals surface area (Å²) in [4.78, 5) is 38.1. The molecule has 0 aromatic carbocycles. The van der Waals surface area contributed by atoms with E-state index >= 15 is 0 Å². The molecular formula is C67H106O6. The first-order valence-corrected chi connectivity index (χ1v) is 29.3. The highest BCUT2D eigenvalue weighted by Gasteiger charge is 2.19. The minimum absolute atomic E-state index is 0.107. The number of rotatable bonds is 51. The minimum Gasteiger partial charge on any atom is -0.462 e. The predicted octanol–water partition coefficient (Wildman–Crippen LogP) is 20.0. The van der Waals surface area contributed by atoms with Gasteiger partial charge in [0.15, 0.2) is 6.10 Å². The zero-order chi connectivity index (χ0) is 52.9. The lowest BCUT2D eigenvalue weighted by molar-refractivity contribution is -0.167. The van der Waals surface area contributed by atoms with Crippen molar-refractivity contribution in [3.05, 3.63) is 146 Å². The van der Waals surface area contributed by atoms with Crippen LogP contribution in [0.4, 0.5) is 0 Å². The molecule has 0 amide bonds. The van der Waals surface area contributed by atoms with E-state index in [1.807, 2.05) is 0 Å². The number of carbonyl (C=O) groups is 3. The molecular weight excluding hydrogens is 901 g/mol. The highest BCUT2D eigenvalue weighted by molar-refractivity contribution is 5.71. The van der Waals surface area contributed by atoms with Crippen molar-refractivity contribution in [2.45, 2.75) is 245 Å². The number of ether oxygens (including phenoxy) is 3. The van der Waals surface area contributed by atoms with Crippen LogP contribution in [0.3, 0.4) is 0 Å². The Labute approximate surface area is 448 Å². The predicted molar refractivity (Wildman–Crippen MR) is 315 cm³/mol. The van der Waals surface area contributed by atoms with E-state index in [1.54, 1.807) is 0 Å². The van der Waals surface area contributed by atoms with E-state index in [9.17, 15) is 14.4 Å². The first kappa shape index (κ1) is 68.3. The van der Waals surface area contributed by atoms with Crippen LogP contribution in [-0.2, 0) is 28.6 Å². The summed E-state index contributed by atoms with van der Waals surface area (Å²) >= 11 is 0. The number of allylic oxidation sites excluding steroid dienone is 24. The molecule has 0 aromatic rings. The summed E-state index contributed by atoms with van der Waals surface area (Å²) in [7, 11) is 0. The van der Waals surface area contributed by atoms with Crippen LogP contribution < -0.4 is 0 Å². The summed E-state index contributed by atoms with van der Waals surface area (Å²) in [5, 5.41) is 0. The van der Waals surface area contributed by atoms with Crippen LogP contribution in [0.5, 0.6) is 0 Å². The van der Waals surface area contributed by atoms with Gasteiger partial charge in [-0.05, 0) is 135 Å². The lowest BCUT2D eigenvalue weighted by atomic mass is 10.1. The second-order valence-electron chi connectivity index (χ2n) is 18.8. The Hall–Kier alpha value is -4.71. The van der Waals surface area contributed by atoms with Gasteiger partial charge in [-0.3, -0.25) is 14.4 Å². The van der Waals surface area contributed by atoms with E-state index in [2.05, 4.69) is 167 Å². The molecule has 1 atom stereocenters. The summed E-state index contributed by atoms with van der Waals surface area (Å²) in [5.74, 6) is -0.978. The zero-order valence-corrected chi connectivity index (χ0v) is 46.8. The van der Waals surface area contributed by atoms with Gasteiger partial charge in [0.25, 0.3) is 0 Å². The Morgan fingerprint density at radius 2 is 0.493 bits per heavy atom. The van der Waals surface area contributed by atoms with Crippen LogP contribution in [0.1, 0.15) is 239 Å². The molecule has 0 bridgehead atoms. The summed E-state index contributed by atoms with van der Waals surface area (Å²) < 4.78 is 16.8. The Balaban J connectivity index is 4.31. The Kier molecular flexibility index (Phi) is 56.0. The molecule has 0 aromatic heterocycles. The van der Waals surface area contributed by atoms with Gasteiger partial charge in [-0.2, -0.15) is 0 Å². The molecule has 0 saturated heterocycles. The molecule has 0 spiro atoms. The number of hydrogen-bond donors (Lipinski definition) is 0. The minimum atomic E-state index is -0.813. The van der Waals surface area contributed by atoms with Crippen molar-refractivity contribution < 1.29 is 28.6 Å². The fraction of sp³-hybridized carbons (Fsp3) is 0.597. The monoisotopic (exact) mass is 1010 g/mol. The van der Waals surface area contributed by atoms with Crippen molar-refractivity contribution in [1.82, 2.24) is 0 Å². The van der Waals surface area contributed by atoms with Gasteiger partial charge in [-0.15, -0.1) is 0 Å². The van der Waals surface area contributed by atoms with Gasteiger partial charge >= 0.3 is 17.9 Å².